The van der Waals surface area contributed by atoms with E-state index in [2.05, 4.69) is 20.9 Å². The van der Waals surface area contributed by atoms with Crippen molar-refractivity contribution in [1.82, 2.24) is 9.88 Å². The molecule has 2 aliphatic rings. The summed E-state index contributed by atoms with van der Waals surface area (Å²) in [5.74, 6) is 0.226. The van der Waals surface area contributed by atoms with Crippen LogP contribution in [0, 0.1) is 0 Å². The lowest BCUT2D eigenvalue weighted by molar-refractivity contribution is 0.104. The fourth-order valence-electron chi connectivity index (χ4n) is 4.22. The highest BCUT2D eigenvalue weighted by molar-refractivity contribution is 9.10. The lowest BCUT2D eigenvalue weighted by atomic mass is 9.88. The van der Waals surface area contributed by atoms with Crippen LogP contribution in [0.2, 0.25) is 0 Å². The Morgan fingerprint density at radius 1 is 1.24 bits per heavy atom. The van der Waals surface area contributed by atoms with E-state index in [1.54, 1.807) is 30.2 Å². The van der Waals surface area contributed by atoms with Crippen LogP contribution in [0.1, 0.15) is 42.1 Å². The third-order valence-electron chi connectivity index (χ3n) is 5.64. The van der Waals surface area contributed by atoms with Crippen LogP contribution in [-0.2, 0) is 17.6 Å². The molecule has 0 unspecified atom stereocenters. The van der Waals surface area contributed by atoms with Gasteiger partial charge in [0.25, 0.3) is 0 Å². The number of aromatic amines is 1. The van der Waals surface area contributed by atoms with Crippen LogP contribution >= 0.6 is 15.9 Å². The van der Waals surface area contributed by atoms with Gasteiger partial charge in [-0.1, -0.05) is 11.6 Å². The van der Waals surface area contributed by atoms with Gasteiger partial charge < -0.3 is 19.7 Å². The molecule has 29 heavy (non-hydrogen) atoms. The lowest BCUT2D eigenvalue weighted by Crippen LogP contribution is -2.37. The second kappa shape index (κ2) is 8.06. The molecule has 1 aliphatic carbocycles. The van der Waals surface area contributed by atoms with Gasteiger partial charge in [0.15, 0.2) is 5.43 Å². The van der Waals surface area contributed by atoms with E-state index in [1.165, 1.54) is 5.57 Å². The molecule has 2 aromatic rings. The normalized spacial score (nSPS) is 16.1. The summed E-state index contributed by atoms with van der Waals surface area (Å²) in [6.07, 6.45) is 4.13. The van der Waals surface area contributed by atoms with Gasteiger partial charge in [0, 0.05) is 30.4 Å². The average molecular weight is 459 g/mol. The van der Waals surface area contributed by atoms with Crippen LogP contribution < -0.4 is 5.43 Å². The maximum Gasteiger partial charge on any atom is 0.409 e. The quantitative estimate of drug-likeness (QED) is 0.676. The zero-order valence-corrected chi connectivity index (χ0v) is 17.8. The van der Waals surface area contributed by atoms with E-state index in [0.29, 0.717) is 49.9 Å². The molecule has 6 nitrogen and oxygen atoms in total. The number of ether oxygens (including phenoxy) is 1. The van der Waals surface area contributed by atoms with Gasteiger partial charge in [-0.15, -0.1) is 0 Å². The summed E-state index contributed by atoms with van der Waals surface area (Å²) >= 11 is 3.34. The molecule has 1 aromatic heterocycles. The molecule has 1 aliphatic heterocycles. The Bertz CT molecular complexity index is 1050. The molecule has 1 amide bonds. The Kier molecular flexibility index (Phi) is 5.50. The number of hydrogen-bond donors (Lipinski definition) is 2. The number of H-pyrrole nitrogens is 1. The van der Waals surface area contributed by atoms with Gasteiger partial charge in [-0.2, -0.15) is 0 Å². The number of benzene rings is 1. The summed E-state index contributed by atoms with van der Waals surface area (Å²) in [6.45, 7) is 3.34. The van der Waals surface area contributed by atoms with E-state index in [9.17, 15) is 14.7 Å². The molecular formula is C22H23BrN2O4. The molecule has 2 heterocycles. The number of aromatic nitrogens is 1. The van der Waals surface area contributed by atoms with Gasteiger partial charge in [0.2, 0.25) is 0 Å². The predicted octanol–water partition coefficient (Wildman–Crippen LogP) is 4.00. The van der Waals surface area contributed by atoms with Gasteiger partial charge in [0.1, 0.15) is 5.75 Å². The second-order valence-electron chi connectivity index (χ2n) is 7.33. The number of amides is 1. The Hall–Kier alpha value is -2.54. The highest BCUT2D eigenvalue weighted by atomic mass is 79.9. The summed E-state index contributed by atoms with van der Waals surface area (Å²) in [5, 5.41) is 9.99. The van der Waals surface area contributed by atoms with Crippen molar-refractivity contribution in [1.29, 1.82) is 0 Å². The molecule has 0 saturated carbocycles. The molecule has 1 aromatic carbocycles. The van der Waals surface area contributed by atoms with Crippen LogP contribution in [0.3, 0.4) is 0 Å². The maximum atomic E-state index is 12.8. The Balaban J connectivity index is 1.82. The first-order valence-corrected chi connectivity index (χ1v) is 10.6. The van der Waals surface area contributed by atoms with Gasteiger partial charge in [-0.05, 0) is 71.8 Å². The maximum absolute atomic E-state index is 12.8. The summed E-state index contributed by atoms with van der Waals surface area (Å²) < 4.78 is 5.65. The monoisotopic (exact) mass is 458 g/mol. The number of halogens is 1. The molecule has 0 spiro atoms. The van der Waals surface area contributed by atoms with Crippen molar-refractivity contribution < 1.29 is 14.6 Å². The van der Waals surface area contributed by atoms with Crippen molar-refractivity contribution in [3.05, 3.63) is 67.0 Å². The number of carbonyl (C=O) groups excluding carboxylic acids is 1. The summed E-state index contributed by atoms with van der Waals surface area (Å²) in [4.78, 5) is 29.9. The van der Waals surface area contributed by atoms with E-state index < -0.39 is 0 Å². The molecule has 0 bridgehead atoms. The highest BCUT2D eigenvalue weighted by Crippen LogP contribution is 2.38. The SMILES string of the molecule is CCOC(=O)N1CCC(=C2c3ccc(O)cc3CCc3c2[nH]cc(Br)c3=O)CC1. The molecule has 4 rings (SSSR count). The predicted molar refractivity (Wildman–Crippen MR) is 114 cm³/mol. The Morgan fingerprint density at radius 2 is 2.00 bits per heavy atom. The Labute approximate surface area is 177 Å². The number of likely N-dealkylation sites (tertiary alicyclic amines) is 1. The smallest absolute Gasteiger partial charge is 0.409 e. The molecule has 0 radical (unpaired) electrons. The van der Waals surface area contributed by atoms with Crippen LogP contribution in [0.5, 0.6) is 5.75 Å². The van der Waals surface area contributed by atoms with Crippen molar-refractivity contribution >= 4 is 27.6 Å². The van der Waals surface area contributed by atoms with Gasteiger partial charge in [-0.25, -0.2) is 4.79 Å². The third-order valence-corrected chi connectivity index (χ3v) is 6.22. The minimum absolute atomic E-state index is 0.00200. The number of aromatic hydroxyl groups is 1. The fraction of sp³-hybridized carbons (Fsp3) is 0.364. The van der Waals surface area contributed by atoms with Crippen LogP contribution in [0.25, 0.3) is 5.57 Å². The fourth-order valence-corrected chi connectivity index (χ4v) is 4.58. The number of piperidine rings is 1. The lowest BCUT2D eigenvalue weighted by Gasteiger charge is -2.29. The molecule has 2 N–H and O–H groups in total. The number of pyridine rings is 1. The number of hydrogen-bond acceptors (Lipinski definition) is 4. The molecule has 152 valence electrons. The number of carbonyl (C=O) groups is 1. The molecule has 1 saturated heterocycles. The van der Waals surface area contributed by atoms with Crippen LogP contribution in [-0.4, -0.2) is 40.8 Å². The average Bonchev–Trinajstić information content (AvgIpc) is 2.88. The second-order valence-corrected chi connectivity index (χ2v) is 8.18. The van der Waals surface area contributed by atoms with E-state index in [-0.39, 0.29) is 17.3 Å². The minimum Gasteiger partial charge on any atom is -0.508 e. The largest absolute Gasteiger partial charge is 0.508 e. The van der Waals surface area contributed by atoms with E-state index in [1.807, 2.05) is 6.07 Å². The Morgan fingerprint density at radius 3 is 2.72 bits per heavy atom. The van der Waals surface area contributed by atoms with Crippen LogP contribution in [0.15, 0.2) is 39.2 Å². The zero-order valence-electron chi connectivity index (χ0n) is 16.3. The summed E-state index contributed by atoms with van der Waals surface area (Å²) in [7, 11) is 0. The number of aryl methyl sites for hydroxylation is 1. The topological polar surface area (TPSA) is 82.6 Å². The zero-order chi connectivity index (χ0) is 20.5. The van der Waals surface area contributed by atoms with Crippen molar-refractivity contribution in [3.63, 3.8) is 0 Å². The van der Waals surface area contributed by atoms with Gasteiger partial charge in [0.05, 0.1) is 16.8 Å². The standard InChI is InChI=1S/C22H23BrN2O4/c1-2-29-22(28)25-9-7-13(8-10-25)19-16-6-4-15(26)11-14(16)3-5-17-20(19)24-12-18(23)21(17)27/h4,6,11-12,26H,2-3,5,7-10H2,1H3,(H,24,27). The summed E-state index contributed by atoms with van der Waals surface area (Å²) in [6, 6.07) is 5.41. The van der Waals surface area contributed by atoms with Gasteiger partial charge in [-0.3, -0.25) is 4.79 Å². The number of nitrogens with one attached hydrogen (secondary N) is 1. The molecular weight excluding hydrogens is 436 g/mol. The third kappa shape index (κ3) is 3.71. The molecule has 0 atom stereocenters. The number of phenols is 1. The van der Waals surface area contributed by atoms with E-state index in [4.69, 9.17) is 4.74 Å². The van der Waals surface area contributed by atoms with Crippen molar-refractivity contribution in [2.75, 3.05) is 19.7 Å². The first kappa shape index (κ1) is 19.8. The number of rotatable bonds is 1. The number of fused-ring (bicyclic) bond motifs is 2. The first-order valence-electron chi connectivity index (χ1n) is 9.86. The number of phenolic OH excluding ortho intramolecular Hbond substituents is 1. The van der Waals surface area contributed by atoms with Crippen LogP contribution in [0.4, 0.5) is 4.79 Å². The van der Waals surface area contributed by atoms with E-state index >= 15 is 0 Å². The summed E-state index contributed by atoms with van der Waals surface area (Å²) in [5.41, 5.74) is 5.91. The molecule has 1 fully saturated rings. The van der Waals surface area contributed by atoms with Crippen molar-refractivity contribution in [3.8, 4) is 5.75 Å². The van der Waals surface area contributed by atoms with E-state index in [0.717, 1.165) is 28.0 Å². The molecule has 7 heteroatoms. The highest BCUT2D eigenvalue weighted by Gasteiger charge is 2.28. The van der Waals surface area contributed by atoms with Crippen molar-refractivity contribution in [2.24, 2.45) is 0 Å². The van der Waals surface area contributed by atoms with Gasteiger partial charge >= 0.3 is 6.09 Å². The first-order chi connectivity index (χ1) is 14.0. The van der Waals surface area contributed by atoms with Crippen molar-refractivity contribution in [2.45, 2.75) is 32.6 Å². The minimum atomic E-state index is -0.277. The number of nitrogens with zero attached hydrogens (tertiary/aromatic N) is 1.